The molecular weight excluding hydrogens is 415 g/mol. The van der Waals surface area contributed by atoms with Crippen LogP contribution in [0.5, 0.6) is 0 Å². The molecule has 2 rings (SSSR count). The molecule has 0 saturated carbocycles. The van der Waals surface area contributed by atoms with Crippen molar-refractivity contribution in [1.29, 1.82) is 0 Å². The van der Waals surface area contributed by atoms with Crippen molar-refractivity contribution in [3.63, 3.8) is 0 Å². The standard InChI is InChI=1S/C12H5BrF7N3O/c1-23-3(2-4(22-23)12(18,19)20)11(24)21-10-8(16)6(14)5(13)7(15)9(10)17/h2H,1H3,(H,21,24). The average Bonchev–Trinajstić information content (AvgIpc) is 2.89. The highest BCUT2D eigenvalue weighted by atomic mass is 79.9. The summed E-state index contributed by atoms with van der Waals surface area (Å²) in [4.78, 5) is 11.9. The molecule has 4 nitrogen and oxygen atoms in total. The fourth-order valence-electron chi connectivity index (χ4n) is 1.71. The molecular formula is C12H5BrF7N3O. The number of benzene rings is 1. The van der Waals surface area contributed by atoms with Crippen molar-refractivity contribution >= 4 is 27.5 Å². The lowest BCUT2D eigenvalue weighted by Crippen LogP contribution is -2.19. The molecule has 1 heterocycles. The molecule has 0 aliphatic carbocycles. The molecule has 0 aliphatic rings. The minimum atomic E-state index is -4.86. The van der Waals surface area contributed by atoms with E-state index in [4.69, 9.17) is 0 Å². The molecule has 1 N–H and O–H groups in total. The van der Waals surface area contributed by atoms with Crippen molar-refractivity contribution in [2.45, 2.75) is 6.18 Å². The van der Waals surface area contributed by atoms with Crippen LogP contribution in [-0.2, 0) is 13.2 Å². The van der Waals surface area contributed by atoms with Crippen molar-refractivity contribution in [2.24, 2.45) is 7.05 Å². The molecule has 1 aromatic heterocycles. The quantitative estimate of drug-likeness (QED) is 0.454. The molecule has 0 fully saturated rings. The zero-order chi connectivity index (χ0) is 18.4. The van der Waals surface area contributed by atoms with Crippen LogP contribution in [0.3, 0.4) is 0 Å². The summed E-state index contributed by atoms with van der Waals surface area (Å²) in [6, 6.07) is 0.316. The Bertz CT molecular complexity index is 802. The van der Waals surface area contributed by atoms with Crippen LogP contribution in [0.4, 0.5) is 36.4 Å². The number of nitrogens with zero attached hydrogens (tertiary/aromatic N) is 2. The van der Waals surface area contributed by atoms with Crippen molar-refractivity contribution < 1.29 is 35.5 Å². The highest BCUT2D eigenvalue weighted by Crippen LogP contribution is 2.32. The van der Waals surface area contributed by atoms with E-state index in [1.807, 2.05) is 0 Å². The molecule has 0 bridgehead atoms. The molecule has 0 atom stereocenters. The maximum absolute atomic E-state index is 13.6. The van der Waals surface area contributed by atoms with E-state index in [1.54, 1.807) is 0 Å². The average molecular weight is 420 g/mol. The van der Waals surface area contributed by atoms with Crippen molar-refractivity contribution in [3.05, 3.63) is 45.2 Å². The first-order valence-electron chi connectivity index (χ1n) is 5.89. The number of carbonyl (C=O) groups is 1. The van der Waals surface area contributed by atoms with Gasteiger partial charge in [0, 0.05) is 13.1 Å². The number of aromatic nitrogens is 2. The summed E-state index contributed by atoms with van der Waals surface area (Å²) in [5.74, 6) is -8.92. The van der Waals surface area contributed by atoms with Gasteiger partial charge >= 0.3 is 6.18 Å². The number of anilines is 1. The summed E-state index contributed by atoms with van der Waals surface area (Å²) >= 11 is 2.28. The van der Waals surface area contributed by atoms with E-state index in [0.29, 0.717) is 10.7 Å². The summed E-state index contributed by atoms with van der Waals surface area (Å²) in [6.07, 6.45) is -4.86. The van der Waals surface area contributed by atoms with Gasteiger partial charge < -0.3 is 5.32 Å². The van der Waals surface area contributed by atoms with Crippen molar-refractivity contribution in [2.75, 3.05) is 5.32 Å². The summed E-state index contributed by atoms with van der Waals surface area (Å²) in [5.41, 5.74) is -3.64. The third-order valence-corrected chi connectivity index (χ3v) is 3.55. The monoisotopic (exact) mass is 419 g/mol. The zero-order valence-electron chi connectivity index (χ0n) is 11.4. The fraction of sp³-hybridized carbons (Fsp3) is 0.167. The Kier molecular flexibility index (Phi) is 4.61. The van der Waals surface area contributed by atoms with E-state index in [-0.39, 0.29) is 0 Å². The lowest BCUT2D eigenvalue weighted by molar-refractivity contribution is -0.141. The molecule has 0 unspecified atom stereocenters. The molecule has 1 amide bonds. The van der Waals surface area contributed by atoms with Gasteiger partial charge in [0.15, 0.2) is 29.0 Å². The largest absolute Gasteiger partial charge is 0.435 e. The Morgan fingerprint density at radius 2 is 1.62 bits per heavy atom. The van der Waals surface area contributed by atoms with E-state index in [2.05, 4.69) is 21.0 Å². The maximum Gasteiger partial charge on any atom is 0.435 e. The van der Waals surface area contributed by atoms with Crippen molar-refractivity contribution in [3.8, 4) is 0 Å². The van der Waals surface area contributed by atoms with Gasteiger partial charge in [-0.25, -0.2) is 17.6 Å². The molecule has 24 heavy (non-hydrogen) atoms. The molecule has 0 spiro atoms. The smallest absolute Gasteiger partial charge is 0.316 e. The van der Waals surface area contributed by atoms with E-state index >= 15 is 0 Å². The van der Waals surface area contributed by atoms with E-state index in [1.165, 1.54) is 5.32 Å². The molecule has 130 valence electrons. The van der Waals surface area contributed by atoms with Gasteiger partial charge in [0.2, 0.25) is 0 Å². The first-order valence-corrected chi connectivity index (χ1v) is 6.68. The lowest BCUT2D eigenvalue weighted by atomic mass is 10.2. The van der Waals surface area contributed by atoms with Crippen molar-refractivity contribution in [1.82, 2.24) is 9.78 Å². The second-order valence-electron chi connectivity index (χ2n) is 4.44. The number of amides is 1. The molecule has 0 saturated heterocycles. The van der Waals surface area contributed by atoms with Gasteiger partial charge in [-0.1, -0.05) is 0 Å². The van der Waals surface area contributed by atoms with Gasteiger partial charge in [0.25, 0.3) is 5.91 Å². The highest BCUT2D eigenvalue weighted by Gasteiger charge is 2.36. The normalized spacial score (nSPS) is 11.7. The van der Waals surface area contributed by atoms with Crippen LogP contribution in [0.1, 0.15) is 16.2 Å². The summed E-state index contributed by atoms with van der Waals surface area (Å²) in [5, 5.41) is 4.52. The van der Waals surface area contributed by atoms with E-state index in [9.17, 15) is 35.5 Å². The summed E-state index contributed by atoms with van der Waals surface area (Å²) in [7, 11) is 0.972. The number of halogens is 8. The predicted molar refractivity (Wildman–Crippen MR) is 70.1 cm³/mol. The van der Waals surface area contributed by atoms with Crippen LogP contribution in [0, 0.1) is 23.3 Å². The van der Waals surface area contributed by atoms with Gasteiger partial charge in [-0.2, -0.15) is 18.3 Å². The number of hydrogen-bond donors (Lipinski definition) is 1. The number of hydrogen-bond acceptors (Lipinski definition) is 2. The van der Waals surface area contributed by atoms with E-state index in [0.717, 1.165) is 7.05 Å². The Balaban J connectivity index is 2.44. The van der Waals surface area contributed by atoms with E-state index < -0.39 is 56.9 Å². The Labute approximate surface area is 137 Å². The predicted octanol–water partition coefficient (Wildman–Crippen LogP) is 4.01. The molecule has 2 aromatic rings. The van der Waals surface area contributed by atoms with Gasteiger partial charge in [-0.05, 0) is 15.9 Å². The third kappa shape index (κ3) is 3.09. The van der Waals surface area contributed by atoms with Crippen LogP contribution in [0.25, 0.3) is 0 Å². The first kappa shape index (κ1) is 18.2. The third-order valence-electron chi connectivity index (χ3n) is 2.85. The minimum absolute atomic E-state index is 0.316. The highest BCUT2D eigenvalue weighted by molar-refractivity contribution is 9.10. The second kappa shape index (κ2) is 6.07. The fourth-order valence-corrected chi connectivity index (χ4v) is 2.06. The molecule has 0 aliphatic heterocycles. The van der Waals surface area contributed by atoms with Gasteiger partial charge in [0.1, 0.15) is 11.4 Å². The molecule has 1 aromatic carbocycles. The van der Waals surface area contributed by atoms with Gasteiger partial charge in [-0.3, -0.25) is 9.48 Å². The number of alkyl halides is 3. The number of carbonyl (C=O) groups excluding carboxylic acids is 1. The van der Waals surface area contributed by atoms with Crippen LogP contribution in [0.15, 0.2) is 10.5 Å². The molecule has 12 heteroatoms. The maximum atomic E-state index is 13.6. The SMILES string of the molecule is Cn1nc(C(F)(F)F)cc1C(=O)Nc1c(F)c(F)c(Br)c(F)c1F. The molecule has 0 radical (unpaired) electrons. The van der Waals surface area contributed by atoms with Gasteiger partial charge in [0.05, 0.1) is 4.47 Å². The second-order valence-corrected chi connectivity index (χ2v) is 5.23. The summed E-state index contributed by atoms with van der Waals surface area (Å²) in [6.45, 7) is 0. The number of rotatable bonds is 2. The number of nitrogens with one attached hydrogen (secondary N) is 1. The Morgan fingerprint density at radius 1 is 1.12 bits per heavy atom. The first-order chi connectivity index (χ1) is 10.9. The lowest BCUT2D eigenvalue weighted by Gasteiger charge is -2.10. The topological polar surface area (TPSA) is 46.9 Å². The Morgan fingerprint density at radius 3 is 2.04 bits per heavy atom. The van der Waals surface area contributed by atoms with Crippen LogP contribution < -0.4 is 5.32 Å². The van der Waals surface area contributed by atoms with Crippen LogP contribution in [-0.4, -0.2) is 15.7 Å². The van der Waals surface area contributed by atoms with Gasteiger partial charge in [-0.15, -0.1) is 0 Å². The Hall–Kier alpha value is -2.11. The minimum Gasteiger partial charge on any atom is -0.316 e. The zero-order valence-corrected chi connectivity index (χ0v) is 13.0. The van der Waals surface area contributed by atoms with Crippen LogP contribution >= 0.6 is 15.9 Å². The summed E-state index contributed by atoms with van der Waals surface area (Å²) < 4.78 is 91.0. The number of aryl methyl sites for hydroxylation is 1. The van der Waals surface area contributed by atoms with Crippen LogP contribution in [0.2, 0.25) is 0 Å².